The van der Waals surface area contributed by atoms with Gasteiger partial charge in [-0.1, -0.05) is 66.7 Å². The predicted octanol–water partition coefficient (Wildman–Crippen LogP) is 4.61. The van der Waals surface area contributed by atoms with Crippen LogP contribution in [0, 0.1) is 5.92 Å². The molecule has 0 aromatic heterocycles. The lowest BCUT2D eigenvalue weighted by atomic mass is 9.92. The molecule has 1 aliphatic rings. The molecule has 3 rings (SSSR count). The van der Waals surface area contributed by atoms with Gasteiger partial charge in [0.15, 0.2) is 0 Å². The normalized spacial score (nSPS) is 15.1. The number of allylic oxidation sites excluding steroid dienone is 2. The minimum atomic E-state index is -0.679. The molecule has 1 heterocycles. The predicted molar refractivity (Wildman–Crippen MR) is 175 cm³/mol. The molecule has 0 spiro atoms. The van der Waals surface area contributed by atoms with Crippen molar-refractivity contribution in [2.24, 2.45) is 5.92 Å². The molecule has 10 nitrogen and oxygen atoms in total. The molecule has 0 bridgehead atoms. The third-order valence-electron chi connectivity index (χ3n) is 7.94. The van der Waals surface area contributed by atoms with Gasteiger partial charge in [0.2, 0.25) is 11.8 Å². The summed E-state index contributed by atoms with van der Waals surface area (Å²) in [4.78, 5) is 52.9. The van der Waals surface area contributed by atoms with Crippen LogP contribution in [0.1, 0.15) is 61.6 Å². The van der Waals surface area contributed by atoms with Gasteiger partial charge in [0.1, 0.15) is 13.2 Å². The summed E-state index contributed by atoms with van der Waals surface area (Å²) in [6.07, 6.45) is 5.94. The molecule has 3 unspecified atom stereocenters. The number of fused-ring (bicyclic) bond motifs is 1. The molecule has 0 aliphatic carbocycles. The molecular weight excluding hydrogens is 586 g/mol. The van der Waals surface area contributed by atoms with Crippen molar-refractivity contribution in [1.29, 1.82) is 0 Å². The molecule has 2 aromatic rings. The highest BCUT2D eigenvalue weighted by Gasteiger charge is 2.32. The van der Waals surface area contributed by atoms with Crippen molar-refractivity contribution in [3.63, 3.8) is 0 Å². The van der Waals surface area contributed by atoms with Crippen molar-refractivity contribution in [1.82, 2.24) is 15.5 Å². The first-order valence-electron chi connectivity index (χ1n) is 15.9. The number of carbonyl (C=O) groups is 4. The molecule has 10 heteroatoms. The van der Waals surface area contributed by atoms with E-state index in [9.17, 15) is 24.3 Å². The Kier molecular flexibility index (Phi) is 15.5. The Hall–Kier alpha value is -4.44. The number of nitrogens with zero attached hydrogens (tertiary/aromatic N) is 1. The lowest BCUT2D eigenvalue weighted by molar-refractivity contribution is -0.145. The molecule has 46 heavy (non-hydrogen) atoms. The number of ether oxygens (including phenoxy) is 2. The molecule has 1 aliphatic heterocycles. The minimum absolute atomic E-state index is 0.0154. The summed E-state index contributed by atoms with van der Waals surface area (Å²) >= 11 is 0. The minimum Gasteiger partial charge on any atom is -0.463 e. The lowest BCUT2D eigenvalue weighted by Gasteiger charge is -2.36. The van der Waals surface area contributed by atoms with Crippen molar-refractivity contribution < 1.29 is 33.8 Å². The maximum Gasteiger partial charge on any atom is 0.407 e. The van der Waals surface area contributed by atoms with Gasteiger partial charge in [0, 0.05) is 25.9 Å². The molecule has 0 saturated heterocycles. The van der Waals surface area contributed by atoms with Crippen LogP contribution in [0.25, 0.3) is 0 Å². The number of nitrogens with one attached hydrogen (secondary N) is 2. The van der Waals surface area contributed by atoms with Crippen LogP contribution in [-0.2, 0) is 43.4 Å². The number of amides is 3. The molecule has 3 N–H and O–H groups in total. The number of aliphatic hydroxyl groups excluding tert-OH is 1. The van der Waals surface area contributed by atoms with Gasteiger partial charge in [-0.2, -0.15) is 0 Å². The average molecular weight is 634 g/mol. The summed E-state index contributed by atoms with van der Waals surface area (Å²) in [6, 6.07) is 16.4. The van der Waals surface area contributed by atoms with Crippen LogP contribution in [0.15, 0.2) is 79.9 Å². The molecule has 0 radical (unpaired) electrons. The Morgan fingerprint density at radius 1 is 0.978 bits per heavy atom. The number of benzene rings is 2. The maximum atomic E-state index is 13.5. The number of rotatable bonds is 19. The van der Waals surface area contributed by atoms with E-state index < -0.39 is 18.1 Å². The van der Waals surface area contributed by atoms with Crippen molar-refractivity contribution >= 4 is 23.9 Å². The summed E-state index contributed by atoms with van der Waals surface area (Å²) in [5.74, 6) is -1.61. The highest BCUT2D eigenvalue weighted by molar-refractivity contribution is 5.86. The van der Waals surface area contributed by atoms with Gasteiger partial charge in [0.05, 0.1) is 24.6 Å². The van der Waals surface area contributed by atoms with Gasteiger partial charge >= 0.3 is 12.1 Å². The Morgan fingerprint density at radius 2 is 1.72 bits per heavy atom. The van der Waals surface area contributed by atoms with Crippen LogP contribution in [0.5, 0.6) is 0 Å². The second-order valence-electron chi connectivity index (χ2n) is 11.5. The standard InChI is InChI=1S/C36H47N3O7/c1-3-5-19-34(42)45-26-31(18-11-12-20-37-36(44)46-25-27-14-7-6-8-15-27)38-35(43)29(13-4-2)22-33(41)39-23-30-17-10-9-16-28(30)21-32(39)24-40/h3-4,6-10,14-17,29,31-32,40H,1-2,5,11-13,18-26H2,(H,37,44)(H,38,43). The first-order chi connectivity index (χ1) is 22.3. The highest BCUT2D eigenvalue weighted by Crippen LogP contribution is 2.25. The second kappa shape index (κ2) is 19.8. The third kappa shape index (κ3) is 12.2. The van der Waals surface area contributed by atoms with Gasteiger partial charge in [0.25, 0.3) is 0 Å². The van der Waals surface area contributed by atoms with Crippen LogP contribution >= 0.6 is 0 Å². The summed E-state index contributed by atoms with van der Waals surface area (Å²) < 4.78 is 10.7. The average Bonchev–Trinajstić information content (AvgIpc) is 3.07. The van der Waals surface area contributed by atoms with Crippen molar-refractivity contribution in [2.45, 2.75) is 76.6 Å². The molecule has 248 valence electrons. The highest BCUT2D eigenvalue weighted by atomic mass is 16.5. The third-order valence-corrected chi connectivity index (χ3v) is 7.94. The fourth-order valence-electron chi connectivity index (χ4n) is 5.34. The number of hydrogen-bond acceptors (Lipinski definition) is 7. The van der Waals surface area contributed by atoms with Gasteiger partial charge in [-0.15, -0.1) is 13.2 Å². The van der Waals surface area contributed by atoms with E-state index in [0.29, 0.717) is 45.2 Å². The van der Waals surface area contributed by atoms with E-state index in [0.717, 1.165) is 16.7 Å². The summed E-state index contributed by atoms with van der Waals surface area (Å²) in [5, 5.41) is 15.7. The fraction of sp³-hybridized carbons (Fsp3) is 0.444. The Balaban J connectivity index is 1.54. The van der Waals surface area contributed by atoms with Gasteiger partial charge in [-0.25, -0.2) is 4.79 Å². The number of hydrogen-bond donors (Lipinski definition) is 3. The largest absolute Gasteiger partial charge is 0.463 e. The summed E-state index contributed by atoms with van der Waals surface area (Å²) in [7, 11) is 0. The van der Waals surface area contributed by atoms with E-state index in [4.69, 9.17) is 9.47 Å². The van der Waals surface area contributed by atoms with E-state index in [1.54, 1.807) is 17.1 Å². The zero-order valence-electron chi connectivity index (χ0n) is 26.5. The van der Waals surface area contributed by atoms with E-state index in [1.165, 1.54) is 0 Å². The molecular formula is C36H47N3O7. The molecule has 2 aromatic carbocycles. The number of alkyl carbamates (subject to hydrolysis) is 1. The van der Waals surface area contributed by atoms with E-state index in [1.807, 2.05) is 54.6 Å². The topological polar surface area (TPSA) is 134 Å². The molecule has 3 amide bonds. The molecule has 0 fully saturated rings. The number of esters is 1. The van der Waals surface area contributed by atoms with Crippen LogP contribution in [0.2, 0.25) is 0 Å². The van der Waals surface area contributed by atoms with E-state index in [-0.39, 0.29) is 62.9 Å². The zero-order chi connectivity index (χ0) is 33.1. The Labute approximate surface area is 271 Å². The quantitative estimate of drug-likeness (QED) is 0.117. The first kappa shape index (κ1) is 36.0. The number of carbonyl (C=O) groups excluding carboxylic acids is 4. The van der Waals surface area contributed by atoms with Gasteiger partial charge < -0.3 is 30.1 Å². The lowest BCUT2D eigenvalue weighted by Crippen LogP contribution is -2.48. The van der Waals surface area contributed by atoms with Crippen molar-refractivity contribution in [3.05, 3.63) is 96.6 Å². The summed E-state index contributed by atoms with van der Waals surface area (Å²) in [5.41, 5.74) is 3.03. The van der Waals surface area contributed by atoms with Gasteiger partial charge in [-0.05, 0) is 55.2 Å². The van der Waals surface area contributed by atoms with Crippen molar-refractivity contribution in [3.8, 4) is 0 Å². The number of aliphatic hydroxyl groups is 1. The SMILES string of the molecule is C=CCCC(=O)OCC(CCCCNC(=O)OCc1ccccc1)NC(=O)C(CC=C)CC(=O)N1Cc2ccccc2CC1CO. The Bertz CT molecular complexity index is 1300. The van der Waals surface area contributed by atoms with Gasteiger partial charge in [-0.3, -0.25) is 14.4 Å². The van der Waals surface area contributed by atoms with Crippen LogP contribution in [-0.4, -0.2) is 65.7 Å². The monoisotopic (exact) mass is 633 g/mol. The van der Waals surface area contributed by atoms with E-state index in [2.05, 4.69) is 23.8 Å². The fourth-order valence-corrected chi connectivity index (χ4v) is 5.34. The van der Waals surface area contributed by atoms with Crippen molar-refractivity contribution in [2.75, 3.05) is 19.8 Å². The van der Waals surface area contributed by atoms with Crippen LogP contribution < -0.4 is 10.6 Å². The van der Waals surface area contributed by atoms with Crippen LogP contribution in [0.3, 0.4) is 0 Å². The van der Waals surface area contributed by atoms with E-state index >= 15 is 0 Å². The first-order valence-corrected chi connectivity index (χ1v) is 15.9. The zero-order valence-corrected chi connectivity index (χ0v) is 26.5. The number of unbranched alkanes of at least 4 members (excludes halogenated alkanes) is 1. The van der Waals surface area contributed by atoms with Crippen LogP contribution in [0.4, 0.5) is 4.79 Å². The summed E-state index contributed by atoms with van der Waals surface area (Å²) in [6.45, 7) is 8.15. The maximum absolute atomic E-state index is 13.5. The molecule has 3 atom stereocenters. The second-order valence-corrected chi connectivity index (χ2v) is 11.5. The Morgan fingerprint density at radius 3 is 2.43 bits per heavy atom. The smallest absolute Gasteiger partial charge is 0.407 e. The molecule has 0 saturated carbocycles.